The number of rotatable bonds is 7. The first kappa shape index (κ1) is 24.2. The average Bonchev–Trinajstić information content (AvgIpc) is 2.84. The van der Waals surface area contributed by atoms with Crippen LogP contribution in [0, 0.1) is 11.7 Å². The van der Waals surface area contributed by atoms with E-state index in [0.29, 0.717) is 48.4 Å². The second kappa shape index (κ2) is 10.1. The summed E-state index contributed by atoms with van der Waals surface area (Å²) in [5.74, 6) is -1.48. The Balaban J connectivity index is 1.93. The number of carboxylic acid groups (broad SMARTS) is 1. The average molecular weight is 490 g/mol. The molecule has 1 aromatic heterocycles. The summed E-state index contributed by atoms with van der Waals surface area (Å²) >= 11 is 5.92. The molecule has 1 aliphatic heterocycles. The summed E-state index contributed by atoms with van der Waals surface area (Å²) in [7, 11) is 1.47. The van der Waals surface area contributed by atoms with Gasteiger partial charge in [-0.1, -0.05) is 23.7 Å². The number of carboxylic acids is 1. The summed E-state index contributed by atoms with van der Waals surface area (Å²) in [6, 6.07) is 7.39. The number of aliphatic hydroxyl groups is 1. The second-order valence-corrected chi connectivity index (χ2v) is 8.76. The predicted molar refractivity (Wildman–Crippen MR) is 126 cm³/mol. The highest BCUT2D eigenvalue weighted by atomic mass is 35.5. The smallest absolute Gasteiger partial charge is 0.341 e. The van der Waals surface area contributed by atoms with Crippen LogP contribution in [0.5, 0.6) is 5.75 Å². The van der Waals surface area contributed by atoms with E-state index in [-0.39, 0.29) is 29.4 Å². The number of halogens is 2. The highest BCUT2D eigenvalue weighted by molar-refractivity contribution is 6.30. The highest BCUT2D eigenvalue weighted by Gasteiger charge is 2.28. The van der Waals surface area contributed by atoms with Gasteiger partial charge in [0.25, 0.3) is 0 Å². The number of aromatic carboxylic acids is 1. The van der Waals surface area contributed by atoms with Crippen LogP contribution >= 0.6 is 11.6 Å². The van der Waals surface area contributed by atoms with Gasteiger partial charge in [0.1, 0.15) is 17.1 Å². The Bertz CT molecular complexity index is 1280. The van der Waals surface area contributed by atoms with E-state index in [1.807, 2.05) is 0 Å². The first-order valence-corrected chi connectivity index (χ1v) is 11.3. The van der Waals surface area contributed by atoms with Crippen molar-refractivity contribution in [2.45, 2.75) is 25.3 Å². The largest absolute Gasteiger partial charge is 0.496 e. The third-order valence-corrected chi connectivity index (χ3v) is 6.72. The lowest BCUT2D eigenvalue weighted by atomic mass is 9.91. The zero-order valence-electron chi connectivity index (χ0n) is 18.6. The van der Waals surface area contributed by atoms with Gasteiger partial charge in [0.05, 0.1) is 30.3 Å². The van der Waals surface area contributed by atoms with Gasteiger partial charge in [-0.3, -0.25) is 4.79 Å². The number of hydrogen-bond acceptors (Lipinski definition) is 5. The minimum Gasteiger partial charge on any atom is -0.496 e. The lowest BCUT2D eigenvalue weighted by molar-refractivity contribution is 0.0370. The lowest BCUT2D eigenvalue weighted by Crippen LogP contribution is -2.30. The number of aliphatic hydroxyl groups excluding tert-OH is 1. The maximum absolute atomic E-state index is 14.6. The van der Waals surface area contributed by atoms with Crippen molar-refractivity contribution in [1.82, 2.24) is 4.57 Å². The highest BCUT2D eigenvalue weighted by Crippen LogP contribution is 2.34. The quantitative estimate of drug-likeness (QED) is 0.519. The Morgan fingerprint density at radius 2 is 2.03 bits per heavy atom. The molecule has 0 amide bonds. The molecule has 0 radical (unpaired) electrons. The third-order valence-electron chi connectivity index (χ3n) is 6.43. The number of methoxy groups -OCH3 is 1. The van der Waals surface area contributed by atoms with Crippen molar-refractivity contribution in [3.63, 3.8) is 0 Å². The number of nitrogens with zero attached hydrogens (tertiary/aromatic N) is 1. The standard InChI is InChI=1S/C25H25ClFNO6/c1-33-22-11-20-17(10-16(22)9-15-3-2-4-19(26)23(15)27)24(30)18(25(31)32)12-28(20)21(13-29)14-5-7-34-8-6-14/h2-4,10-12,14,21,29H,5-9,13H2,1H3,(H,31,32)/t21-/m1/s1. The fourth-order valence-electron chi connectivity index (χ4n) is 4.63. The van der Waals surface area contributed by atoms with Crippen molar-refractivity contribution in [2.24, 2.45) is 5.92 Å². The second-order valence-electron chi connectivity index (χ2n) is 8.35. The molecule has 1 fully saturated rings. The van der Waals surface area contributed by atoms with Gasteiger partial charge in [0.2, 0.25) is 5.43 Å². The molecule has 4 rings (SSSR count). The van der Waals surface area contributed by atoms with E-state index >= 15 is 0 Å². The third kappa shape index (κ3) is 4.53. The molecule has 9 heteroatoms. The van der Waals surface area contributed by atoms with E-state index in [9.17, 15) is 24.2 Å². The Labute approximate surface area is 200 Å². The molecule has 2 aromatic carbocycles. The Kier molecular flexibility index (Phi) is 7.21. The van der Waals surface area contributed by atoms with Gasteiger partial charge in [-0.15, -0.1) is 0 Å². The normalized spacial score (nSPS) is 15.4. The number of pyridine rings is 1. The van der Waals surface area contributed by atoms with Crippen LogP contribution in [0.25, 0.3) is 10.9 Å². The number of aromatic nitrogens is 1. The fraction of sp³-hybridized carbons (Fsp3) is 0.360. The van der Waals surface area contributed by atoms with Gasteiger partial charge in [-0.2, -0.15) is 0 Å². The van der Waals surface area contributed by atoms with Crippen LogP contribution in [0.15, 0.2) is 41.3 Å². The van der Waals surface area contributed by atoms with Gasteiger partial charge in [0, 0.05) is 37.3 Å². The van der Waals surface area contributed by atoms with Crippen molar-refractivity contribution < 1.29 is 28.9 Å². The molecule has 0 spiro atoms. The van der Waals surface area contributed by atoms with E-state index in [2.05, 4.69) is 0 Å². The monoisotopic (exact) mass is 489 g/mol. The van der Waals surface area contributed by atoms with Crippen LogP contribution in [0.4, 0.5) is 4.39 Å². The maximum atomic E-state index is 14.6. The first-order chi connectivity index (χ1) is 16.3. The van der Waals surface area contributed by atoms with Crippen LogP contribution in [-0.2, 0) is 11.2 Å². The van der Waals surface area contributed by atoms with Crippen molar-refractivity contribution in [1.29, 1.82) is 0 Å². The van der Waals surface area contributed by atoms with E-state index in [4.69, 9.17) is 21.1 Å². The summed E-state index contributed by atoms with van der Waals surface area (Å²) in [4.78, 5) is 25.0. The molecule has 1 aliphatic rings. The Morgan fingerprint density at radius 1 is 1.29 bits per heavy atom. The zero-order chi connectivity index (χ0) is 24.4. The SMILES string of the molecule is COc1cc2c(cc1Cc1cccc(Cl)c1F)c(=O)c(C(=O)O)cn2[C@H](CO)C1CCOCC1. The summed E-state index contributed by atoms with van der Waals surface area (Å²) in [6.45, 7) is 0.854. The summed E-state index contributed by atoms with van der Waals surface area (Å²) in [5, 5.41) is 20.1. The first-order valence-electron chi connectivity index (χ1n) is 11.0. The van der Waals surface area contributed by atoms with Gasteiger partial charge in [-0.05, 0) is 42.0 Å². The molecule has 0 aliphatic carbocycles. The summed E-state index contributed by atoms with van der Waals surface area (Å²) in [6.07, 6.45) is 2.78. The minimum absolute atomic E-state index is 0.0185. The molecular formula is C25H25ClFNO6. The summed E-state index contributed by atoms with van der Waals surface area (Å²) < 4.78 is 27.2. The molecule has 1 saturated heterocycles. The molecule has 7 nitrogen and oxygen atoms in total. The lowest BCUT2D eigenvalue weighted by Gasteiger charge is -2.32. The van der Waals surface area contributed by atoms with Gasteiger partial charge in [-0.25, -0.2) is 9.18 Å². The van der Waals surface area contributed by atoms with Crippen LogP contribution in [-0.4, -0.2) is 47.7 Å². The van der Waals surface area contributed by atoms with Gasteiger partial charge >= 0.3 is 5.97 Å². The molecular weight excluding hydrogens is 465 g/mol. The van der Waals surface area contributed by atoms with Crippen molar-refractivity contribution in [3.05, 3.63) is 74.3 Å². The van der Waals surface area contributed by atoms with E-state index in [1.165, 1.54) is 25.4 Å². The van der Waals surface area contributed by atoms with Gasteiger partial charge < -0.3 is 24.3 Å². The maximum Gasteiger partial charge on any atom is 0.341 e. The molecule has 0 bridgehead atoms. The Hall–Kier alpha value is -2.94. The molecule has 34 heavy (non-hydrogen) atoms. The van der Waals surface area contributed by atoms with Crippen LogP contribution < -0.4 is 10.2 Å². The molecule has 0 unspecified atom stereocenters. The molecule has 0 saturated carbocycles. The van der Waals surface area contributed by atoms with Crippen LogP contribution in [0.2, 0.25) is 5.02 Å². The summed E-state index contributed by atoms with van der Waals surface area (Å²) in [5.41, 5.74) is 0.206. The zero-order valence-corrected chi connectivity index (χ0v) is 19.3. The molecule has 3 aromatic rings. The molecule has 2 heterocycles. The Morgan fingerprint density at radius 3 is 2.68 bits per heavy atom. The number of carbonyl (C=O) groups is 1. The minimum atomic E-state index is -1.36. The predicted octanol–water partition coefficient (Wildman–Crippen LogP) is 4.05. The number of hydrogen-bond donors (Lipinski definition) is 2. The van der Waals surface area contributed by atoms with Crippen LogP contribution in [0.1, 0.15) is 40.4 Å². The molecule has 1 atom stereocenters. The van der Waals surface area contributed by atoms with Crippen molar-refractivity contribution >= 4 is 28.5 Å². The number of fused-ring (bicyclic) bond motifs is 1. The number of ether oxygens (including phenoxy) is 2. The van der Waals surface area contributed by atoms with E-state index < -0.39 is 28.8 Å². The fourth-order valence-corrected chi connectivity index (χ4v) is 4.83. The topological polar surface area (TPSA) is 98.0 Å². The van der Waals surface area contributed by atoms with Gasteiger partial charge in [0.15, 0.2) is 0 Å². The van der Waals surface area contributed by atoms with Crippen molar-refractivity contribution in [2.75, 3.05) is 26.9 Å². The number of benzene rings is 2. The van der Waals surface area contributed by atoms with Crippen LogP contribution in [0.3, 0.4) is 0 Å². The molecule has 2 N–H and O–H groups in total. The van der Waals surface area contributed by atoms with Crippen molar-refractivity contribution in [3.8, 4) is 5.75 Å². The van der Waals surface area contributed by atoms with E-state index in [0.717, 1.165) is 0 Å². The molecule has 180 valence electrons. The van der Waals surface area contributed by atoms with E-state index in [1.54, 1.807) is 22.8 Å².